The molecule has 0 heterocycles. The van der Waals surface area contributed by atoms with Crippen LogP contribution < -0.4 is 0 Å². The topological polar surface area (TPSA) is 0 Å². The van der Waals surface area contributed by atoms with Crippen molar-refractivity contribution in [3.8, 4) is 0 Å². The first kappa shape index (κ1) is 18.2. The summed E-state index contributed by atoms with van der Waals surface area (Å²) in [4.78, 5) is 0. The Morgan fingerprint density at radius 2 is 0.833 bits per heavy atom. The summed E-state index contributed by atoms with van der Waals surface area (Å²) in [6.45, 7) is 7.16. The van der Waals surface area contributed by atoms with Crippen LogP contribution in [0, 0.1) is 0 Å². The fourth-order valence-electron chi connectivity index (χ4n) is 2.54. The molecule has 0 fully saturated rings. The Morgan fingerprint density at radius 3 is 1.22 bits per heavy atom. The summed E-state index contributed by atoms with van der Waals surface area (Å²) in [7, 11) is 0.0253. The first-order valence-corrected chi connectivity index (χ1v) is 11.0. The van der Waals surface area contributed by atoms with Crippen molar-refractivity contribution in [3.05, 3.63) is 0 Å². The Bertz CT molecular complexity index is 129. The third kappa shape index (κ3) is 14.3. The van der Waals surface area contributed by atoms with Crippen LogP contribution in [0.1, 0.15) is 90.9 Å². The molecule has 109 valence electrons. The lowest BCUT2D eigenvalue weighted by molar-refractivity contribution is 0.617. The van der Waals surface area contributed by atoms with E-state index in [2.05, 4.69) is 20.4 Å². The molecule has 0 rings (SSSR count). The van der Waals surface area contributed by atoms with Gasteiger partial charge in [0.1, 0.15) is 0 Å². The molecule has 18 heavy (non-hydrogen) atoms. The van der Waals surface area contributed by atoms with Gasteiger partial charge in [-0.05, 0) is 0 Å². The van der Waals surface area contributed by atoms with Crippen molar-refractivity contribution in [2.75, 3.05) is 0 Å². The number of hydrogen-bond acceptors (Lipinski definition) is 0. The van der Waals surface area contributed by atoms with Gasteiger partial charge in [-0.15, -0.1) is 0 Å². The quantitative estimate of drug-likeness (QED) is 0.239. The molecule has 0 N–H and O–H groups in total. The van der Waals surface area contributed by atoms with Crippen molar-refractivity contribution in [2.45, 2.75) is 110 Å². The maximum absolute atomic E-state index is 2.56. The summed E-state index contributed by atoms with van der Waals surface area (Å²) in [5.41, 5.74) is 0. The second-order valence-electron chi connectivity index (χ2n) is 5.99. The molecule has 0 aliphatic carbocycles. The molecule has 0 aromatic heterocycles. The maximum atomic E-state index is 2.56. The van der Waals surface area contributed by atoms with Gasteiger partial charge in [0.15, 0.2) is 0 Å². The van der Waals surface area contributed by atoms with Gasteiger partial charge < -0.3 is 0 Å². The predicted molar refractivity (Wildman–Crippen MR) is 88.0 cm³/mol. The lowest BCUT2D eigenvalue weighted by atomic mass is 10.1. The van der Waals surface area contributed by atoms with E-state index in [-0.39, 0.29) is 8.80 Å². The summed E-state index contributed by atoms with van der Waals surface area (Å²) in [5.74, 6) is 0. The molecule has 1 heteroatoms. The molecular weight excluding hydrogens is 232 g/mol. The van der Waals surface area contributed by atoms with E-state index in [1.807, 2.05) is 0 Å². The highest BCUT2D eigenvalue weighted by Gasteiger charge is 2.03. The van der Waals surface area contributed by atoms with E-state index < -0.39 is 0 Å². The summed E-state index contributed by atoms with van der Waals surface area (Å²) in [5, 5.41) is 0. The van der Waals surface area contributed by atoms with Crippen molar-refractivity contribution in [3.63, 3.8) is 0 Å². The van der Waals surface area contributed by atoms with E-state index >= 15 is 0 Å². The Kier molecular flexibility index (Phi) is 15.5. The van der Waals surface area contributed by atoms with Gasteiger partial charge in [-0.2, -0.15) is 0 Å². The lowest BCUT2D eigenvalue weighted by Crippen LogP contribution is -2.05. The zero-order valence-electron chi connectivity index (χ0n) is 13.4. The fourth-order valence-corrected chi connectivity index (χ4v) is 4.50. The third-order valence-electron chi connectivity index (χ3n) is 3.91. The van der Waals surface area contributed by atoms with E-state index in [1.165, 1.54) is 77.0 Å². The molecule has 0 bridgehead atoms. The Labute approximate surface area is 119 Å². The summed E-state index contributed by atoms with van der Waals surface area (Å²) in [6, 6.07) is 3.15. The van der Waals surface area contributed by atoms with Crippen LogP contribution >= 0.6 is 0 Å². The second-order valence-corrected chi connectivity index (χ2v) is 8.91. The summed E-state index contributed by atoms with van der Waals surface area (Å²) < 4.78 is 0. The molecule has 0 nitrogen and oxygen atoms in total. The molecule has 0 aliphatic heterocycles. The molecule has 0 spiro atoms. The maximum Gasteiger partial charge on any atom is 0.0446 e. The van der Waals surface area contributed by atoms with Gasteiger partial charge in [0.2, 0.25) is 0 Å². The van der Waals surface area contributed by atoms with Crippen LogP contribution in [-0.2, 0) is 0 Å². The third-order valence-corrected chi connectivity index (χ3v) is 6.33. The van der Waals surface area contributed by atoms with Crippen LogP contribution in [0.25, 0.3) is 0 Å². The first-order chi connectivity index (χ1) is 8.81. The Morgan fingerprint density at radius 1 is 0.500 bits per heavy atom. The molecule has 0 aromatic carbocycles. The molecule has 0 aliphatic rings. The minimum absolute atomic E-state index is 0.0253. The molecule has 0 amide bonds. The molecule has 0 atom stereocenters. The molecule has 0 unspecified atom stereocenters. The van der Waals surface area contributed by atoms with Gasteiger partial charge in [-0.1, -0.05) is 110 Å². The van der Waals surface area contributed by atoms with E-state index in [0.717, 1.165) is 0 Å². The molecule has 0 aromatic rings. The standard InChI is InChI=1S/C17H37Si/c1-4-6-8-10-12-14-16-18(3)17-15-13-11-9-7-5-2/h4-17H2,1-3H3. The minimum Gasteiger partial charge on any atom is -0.0711 e. The minimum atomic E-state index is 0.0253. The second kappa shape index (κ2) is 15.3. The van der Waals surface area contributed by atoms with Gasteiger partial charge in [-0.3, -0.25) is 0 Å². The Hall–Kier alpha value is 0.217. The zero-order chi connectivity index (χ0) is 13.5. The summed E-state index contributed by atoms with van der Waals surface area (Å²) in [6.07, 6.45) is 17.6. The molecule has 0 saturated carbocycles. The van der Waals surface area contributed by atoms with Gasteiger partial charge in [0.05, 0.1) is 0 Å². The van der Waals surface area contributed by atoms with E-state index in [9.17, 15) is 0 Å². The summed E-state index contributed by atoms with van der Waals surface area (Å²) >= 11 is 0. The zero-order valence-corrected chi connectivity index (χ0v) is 14.4. The average molecular weight is 270 g/mol. The first-order valence-electron chi connectivity index (χ1n) is 8.62. The monoisotopic (exact) mass is 269 g/mol. The molecule has 1 radical (unpaired) electrons. The van der Waals surface area contributed by atoms with Crippen molar-refractivity contribution < 1.29 is 0 Å². The van der Waals surface area contributed by atoms with Gasteiger partial charge >= 0.3 is 0 Å². The van der Waals surface area contributed by atoms with Gasteiger partial charge in [-0.25, -0.2) is 0 Å². The van der Waals surface area contributed by atoms with Crippen molar-refractivity contribution in [2.24, 2.45) is 0 Å². The van der Waals surface area contributed by atoms with Crippen molar-refractivity contribution >= 4 is 8.80 Å². The van der Waals surface area contributed by atoms with Crippen LogP contribution in [0.3, 0.4) is 0 Å². The van der Waals surface area contributed by atoms with Crippen molar-refractivity contribution in [1.29, 1.82) is 0 Å². The predicted octanol–water partition coefficient (Wildman–Crippen LogP) is 6.83. The number of rotatable bonds is 14. The smallest absolute Gasteiger partial charge is 0.0446 e. The van der Waals surface area contributed by atoms with Gasteiger partial charge in [0, 0.05) is 8.80 Å². The van der Waals surface area contributed by atoms with Crippen LogP contribution in [0.4, 0.5) is 0 Å². The van der Waals surface area contributed by atoms with Crippen LogP contribution in [0.5, 0.6) is 0 Å². The average Bonchev–Trinajstić information content (AvgIpc) is 2.38. The SMILES string of the molecule is CCCCCCCC[Si](C)CCCCCCCC. The highest BCUT2D eigenvalue weighted by Crippen LogP contribution is 2.14. The van der Waals surface area contributed by atoms with Gasteiger partial charge in [0.25, 0.3) is 0 Å². The van der Waals surface area contributed by atoms with Crippen LogP contribution in [0.15, 0.2) is 0 Å². The highest BCUT2D eigenvalue weighted by molar-refractivity contribution is 6.57. The molecular formula is C17H37Si. The number of unbranched alkanes of at least 4 members (excludes halogenated alkanes) is 10. The van der Waals surface area contributed by atoms with E-state index in [0.29, 0.717) is 0 Å². The Balaban J connectivity index is 3.10. The van der Waals surface area contributed by atoms with E-state index in [1.54, 1.807) is 12.1 Å². The van der Waals surface area contributed by atoms with Crippen LogP contribution in [-0.4, -0.2) is 8.80 Å². The number of hydrogen-bond donors (Lipinski definition) is 0. The normalized spacial score (nSPS) is 11.3. The lowest BCUT2D eigenvalue weighted by Gasteiger charge is -2.09. The van der Waals surface area contributed by atoms with E-state index in [4.69, 9.17) is 0 Å². The van der Waals surface area contributed by atoms with Crippen LogP contribution in [0.2, 0.25) is 18.6 Å². The highest BCUT2D eigenvalue weighted by atomic mass is 28.3. The fraction of sp³-hybridized carbons (Fsp3) is 1.00. The molecule has 0 saturated heterocycles. The largest absolute Gasteiger partial charge is 0.0711 e. The van der Waals surface area contributed by atoms with Crippen molar-refractivity contribution in [1.82, 2.24) is 0 Å².